The van der Waals surface area contributed by atoms with E-state index in [9.17, 15) is 0 Å². The highest BCUT2D eigenvalue weighted by atomic mass is 127. The quantitative estimate of drug-likeness (QED) is 0.641. The molecule has 0 amide bonds. The third-order valence-corrected chi connectivity index (χ3v) is 1.45. The molecule has 0 radical (unpaired) electrons. The van der Waals surface area contributed by atoms with Gasteiger partial charge in [0.05, 0.1) is 0 Å². The normalized spacial score (nSPS) is 7.62. The van der Waals surface area contributed by atoms with Crippen LogP contribution in [0.1, 0.15) is 0 Å². The van der Waals surface area contributed by atoms with Crippen LogP contribution in [0, 0.1) is 3.57 Å². The molecule has 0 fully saturated rings. The molecule has 0 aliphatic carbocycles. The fourth-order valence-electron chi connectivity index (χ4n) is 0.415. The fourth-order valence-corrected chi connectivity index (χ4v) is 0.830. The van der Waals surface area contributed by atoms with Gasteiger partial charge in [0.25, 0.3) is 0 Å². The lowest BCUT2D eigenvalue weighted by Crippen LogP contribution is -1.61. The first kappa shape index (κ1) is 8.68. The zero-order valence-corrected chi connectivity index (χ0v) is 8.66. The average molecular weight is 332 g/mol. The van der Waals surface area contributed by atoms with E-state index in [0.717, 1.165) is 0 Å². The Morgan fingerprint density at radius 1 is 1.00 bits per heavy atom. The first-order valence-corrected chi connectivity index (χ1v) is 3.18. The summed E-state index contributed by atoms with van der Waals surface area (Å²) in [5.74, 6) is 0. The van der Waals surface area contributed by atoms with E-state index in [-0.39, 0.29) is 24.0 Å². The fraction of sp³-hybridized carbons (Fsp3) is 0. The number of halogens is 2. The van der Waals surface area contributed by atoms with Gasteiger partial charge in [-0.2, -0.15) is 0 Å². The Labute approximate surface area is 79.8 Å². The minimum atomic E-state index is 0. The van der Waals surface area contributed by atoms with Crippen LogP contribution < -0.4 is 0 Å². The van der Waals surface area contributed by atoms with Gasteiger partial charge in [-0.25, -0.2) is 0 Å². The summed E-state index contributed by atoms with van der Waals surface area (Å²) in [5.41, 5.74) is 0. The van der Waals surface area contributed by atoms with Crippen LogP contribution in [0.5, 0.6) is 0 Å². The standard InChI is InChI=1S/C6H5I.HI/c7-6-4-2-1-3-5-6;/h1-5H;1H. The highest BCUT2D eigenvalue weighted by Gasteiger charge is 1.74. The summed E-state index contributed by atoms with van der Waals surface area (Å²) in [4.78, 5) is 0. The van der Waals surface area contributed by atoms with Crippen molar-refractivity contribution in [3.8, 4) is 0 Å². The Morgan fingerprint density at radius 3 is 1.75 bits per heavy atom. The summed E-state index contributed by atoms with van der Waals surface area (Å²) in [7, 11) is 0. The lowest BCUT2D eigenvalue weighted by molar-refractivity contribution is 1.65. The van der Waals surface area contributed by atoms with E-state index in [1.165, 1.54) is 3.57 Å². The van der Waals surface area contributed by atoms with E-state index < -0.39 is 0 Å². The summed E-state index contributed by atoms with van der Waals surface area (Å²) in [6.07, 6.45) is 0. The molecular formula is C6H6I2. The molecule has 0 aliphatic rings. The largest absolute Gasteiger partial charge is 0.107 e. The molecule has 1 aromatic carbocycles. The topological polar surface area (TPSA) is 0 Å². The summed E-state index contributed by atoms with van der Waals surface area (Å²) in [6, 6.07) is 10.2. The van der Waals surface area contributed by atoms with Crippen LogP contribution in [0.4, 0.5) is 0 Å². The van der Waals surface area contributed by atoms with E-state index in [0.29, 0.717) is 0 Å². The summed E-state index contributed by atoms with van der Waals surface area (Å²) in [6.45, 7) is 0. The van der Waals surface area contributed by atoms with E-state index in [1.54, 1.807) is 0 Å². The zero-order chi connectivity index (χ0) is 5.11. The van der Waals surface area contributed by atoms with Gasteiger partial charge in [-0.3, -0.25) is 0 Å². The molecule has 0 atom stereocenters. The van der Waals surface area contributed by atoms with Crippen LogP contribution in [0.3, 0.4) is 0 Å². The SMILES string of the molecule is I.Ic1ccccc1. The van der Waals surface area contributed by atoms with Crippen LogP contribution in [-0.2, 0) is 0 Å². The highest BCUT2D eigenvalue weighted by molar-refractivity contribution is 14.1. The van der Waals surface area contributed by atoms with Crippen molar-refractivity contribution in [3.05, 3.63) is 33.9 Å². The van der Waals surface area contributed by atoms with Crippen molar-refractivity contribution < 1.29 is 0 Å². The van der Waals surface area contributed by atoms with Crippen molar-refractivity contribution in [1.82, 2.24) is 0 Å². The maximum absolute atomic E-state index is 2.28. The van der Waals surface area contributed by atoms with Crippen LogP contribution in [0.25, 0.3) is 0 Å². The van der Waals surface area contributed by atoms with Gasteiger partial charge in [-0.1, -0.05) is 18.2 Å². The van der Waals surface area contributed by atoms with Gasteiger partial charge < -0.3 is 0 Å². The molecule has 0 bridgehead atoms. The molecule has 1 rings (SSSR count). The summed E-state index contributed by atoms with van der Waals surface area (Å²) >= 11 is 2.28. The van der Waals surface area contributed by atoms with Crippen LogP contribution in [0.15, 0.2) is 30.3 Å². The maximum atomic E-state index is 2.28. The van der Waals surface area contributed by atoms with E-state index in [1.807, 2.05) is 18.2 Å². The molecule has 0 saturated carbocycles. The Hall–Kier alpha value is 0.680. The zero-order valence-electron chi connectivity index (χ0n) is 4.17. The Morgan fingerprint density at radius 2 is 1.50 bits per heavy atom. The molecule has 1 aromatic rings. The minimum Gasteiger partial charge on any atom is -0.107 e. The lowest BCUT2D eigenvalue weighted by Gasteiger charge is -1.80. The second-order valence-corrected chi connectivity index (χ2v) is 2.54. The second-order valence-electron chi connectivity index (χ2n) is 1.30. The molecule has 0 heterocycles. The predicted octanol–water partition coefficient (Wildman–Crippen LogP) is 2.91. The molecular weight excluding hydrogens is 326 g/mol. The molecule has 0 spiro atoms. The van der Waals surface area contributed by atoms with Crippen LogP contribution >= 0.6 is 46.6 Å². The first-order chi connectivity index (χ1) is 3.39. The molecule has 44 valence electrons. The van der Waals surface area contributed by atoms with Gasteiger partial charge in [0.2, 0.25) is 0 Å². The highest BCUT2D eigenvalue weighted by Crippen LogP contribution is 1.99. The minimum absolute atomic E-state index is 0. The van der Waals surface area contributed by atoms with Crippen molar-refractivity contribution in [2.45, 2.75) is 0 Å². The molecule has 2 heteroatoms. The van der Waals surface area contributed by atoms with Gasteiger partial charge in [0.15, 0.2) is 0 Å². The number of hydrogen-bond acceptors (Lipinski definition) is 0. The summed E-state index contributed by atoms with van der Waals surface area (Å²) < 4.78 is 1.29. The van der Waals surface area contributed by atoms with E-state index in [2.05, 4.69) is 34.7 Å². The molecule has 0 nitrogen and oxygen atoms in total. The van der Waals surface area contributed by atoms with Crippen molar-refractivity contribution in [2.75, 3.05) is 0 Å². The Bertz CT molecular complexity index is 136. The number of benzene rings is 1. The van der Waals surface area contributed by atoms with E-state index in [4.69, 9.17) is 0 Å². The molecule has 0 N–H and O–H groups in total. The second kappa shape index (κ2) is 4.55. The maximum Gasteiger partial charge on any atom is 0.0130 e. The van der Waals surface area contributed by atoms with Gasteiger partial charge in [0.1, 0.15) is 0 Å². The third kappa shape index (κ3) is 2.86. The van der Waals surface area contributed by atoms with Gasteiger partial charge in [0, 0.05) is 3.57 Å². The molecule has 8 heavy (non-hydrogen) atoms. The molecule has 0 unspecified atom stereocenters. The van der Waals surface area contributed by atoms with Gasteiger partial charge in [-0.05, 0) is 34.7 Å². The number of rotatable bonds is 0. The van der Waals surface area contributed by atoms with Crippen molar-refractivity contribution in [3.63, 3.8) is 0 Å². The van der Waals surface area contributed by atoms with E-state index >= 15 is 0 Å². The summed E-state index contributed by atoms with van der Waals surface area (Å²) in [5, 5.41) is 0. The molecule has 0 aliphatic heterocycles. The first-order valence-electron chi connectivity index (χ1n) is 2.10. The monoisotopic (exact) mass is 332 g/mol. The number of hydrogen-bond donors (Lipinski definition) is 0. The Balaban J connectivity index is 0.000000490. The van der Waals surface area contributed by atoms with Crippen molar-refractivity contribution in [1.29, 1.82) is 0 Å². The Kier molecular flexibility index (Phi) is 4.94. The van der Waals surface area contributed by atoms with Crippen molar-refractivity contribution >= 4 is 46.6 Å². The van der Waals surface area contributed by atoms with Gasteiger partial charge >= 0.3 is 0 Å². The molecule has 0 saturated heterocycles. The molecule has 0 aromatic heterocycles. The van der Waals surface area contributed by atoms with Crippen LogP contribution in [-0.4, -0.2) is 0 Å². The lowest BCUT2D eigenvalue weighted by atomic mass is 10.4. The van der Waals surface area contributed by atoms with Gasteiger partial charge in [-0.15, -0.1) is 24.0 Å². The van der Waals surface area contributed by atoms with Crippen molar-refractivity contribution in [2.24, 2.45) is 0 Å². The predicted molar refractivity (Wildman–Crippen MR) is 54.6 cm³/mol. The third-order valence-electron chi connectivity index (χ3n) is 0.733. The smallest absolute Gasteiger partial charge is 0.0130 e. The van der Waals surface area contributed by atoms with Crippen LogP contribution in [0.2, 0.25) is 0 Å². The average Bonchev–Trinajstić information content (AvgIpc) is 1.69.